The largest absolute Gasteiger partial charge is 0.379 e. The van der Waals surface area contributed by atoms with Crippen molar-refractivity contribution in [2.45, 2.75) is 23.4 Å². The number of H-pyrrole nitrogens is 1. The Morgan fingerprint density at radius 1 is 1.31 bits per heavy atom. The molecule has 0 bridgehead atoms. The number of sulfonamides is 1. The molecule has 1 fully saturated rings. The monoisotopic (exact) mass is 493 g/mol. The standard InChI is InChI=1S/C20H23N5O4S3/c1-14-4-5-16(32(27,28)25-6-8-29-9-7-25)12-17(14)21-19(26)13-31-20-22-18(23-24-20)11-15-3-2-10-30-15/h2-5,10,12H,6-9,11,13H2,1H3,(H,21,26)(H,22,23,24). The number of thioether (sulfide) groups is 1. The Hall–Kier alpha value is -2.25. The van der Waals surface area contributed by atoms with Crippen LogP contribution in [0.3, 0.4) is 0 Å². The SMILES string of the molecule is Cc1ccc(S(=O)(=O)N2CCOCC2)cc1NC(=O)CSc1n[nH]c(Cc2cccs2)n1. The maximum Gasteiger partial charge on any atom is 0.243 e. The molecule has 32 heavy (non-hydrogen) atoms. The van der Waals surface area contributed by atoms with Crippen molar-refractivity contribution < 1.29 is 17.9 Å². The zero-order valence-electron chi connectivity index (χ0n) is 17.4. The fourth-order valence-electron chi connectivity index (χ4n) is 3.15. The molecule has 1 amide bonds. The van der Waals surface area contributed by atoms with Crippen LogP contribution in [0.15, 0.2) is 45.8 Å². The molecule has 170 valence electrons. The molecular formula is C20H23N5O4S3. The van der Waals surface area contributed by atoms with Gasteiger partial charge in [-0.3, -0.25) is 9.89 Å². The van der Waals surface area contributed by atoms with Crippen LogP contribution < -0.4 is 5.32 Å². The first-order valence-electron chi connectivity index (χ1n) is 9.97. The second-order valence-electron chi connectivity index (χ2n) is 7.15. The zero-order chi connectivity index (χ0) is 22.6. The van der Waals surface area contributed by atoms with E-state index in [9.17, 15) is 13.2 Å². The first-order valence-corrected chi connectivity index (χ1v) is 13.3. The fourth-order valence-corrected chi connectivity index (χ4v) is 5.91. The minimum Gasteiger partial charge on any atom is -0.379 e. The van der Waals surface area contributed by atoms with Gasteiger partial charge in [0.1, 0.15) is 5.82 Å². The molecule has 3 aromatic rings. The average molecular weight is 494 g/mol. The van der Waals surface area contributed by atoms with Gasteiger partial charge in [0.2, 0.25) is 21.1 Å². The average Bonchev–Trinajstić information content (AvgIpc) is 3.47. The summed E-state index contributed by atoms with van der Waals surface area (Å²) >= 11 is 2.87. The van der Waals surface area contributed by atoms with Crippen molar-refractivity contribution in [1.29, 1.82) is 0 Å². The maximum atomic E-state index is 12.9. The minimum atomic E-state index is -3.64. The number of morpholine rings is 1. The number of ether oxygens (including phenoxy) is 1. The Kier molecular flexibility index (Phi) is 7.26. The number of carbonyl (C=O) groups is 1. The minimum absolute atomic E-state index is 0.107. The van der Waals surface area contributed by atoms with Crippen molar-refractivity contribution in [2.75, 3.05) is 37.4 Å². The number of nitrogens with zero attached hydrogens (tertiary/aromatic N) is 3. The molecule has 1 aromatic carbocycles. The normalized spacial score (nSPS) is 15.0. The lowest BCUT2D eigenvalue weighted by atomic mass is 10.2. The summed E-state index contributed by atoms with van der Waals surface area (Å²) in [5.74, 6) is 0.590. The number of carbonyl (C=O) groups excluding carboxylic acids is 1. The van der Waals surface area contributed by atoms with Gasteiger partial charge in [0.05, 0.1) is 23.9 Å². The number of thiophene rings is 1. The van der Waals surface area contributed by atoms with Crippen molar-refractivity contribution in [2.24, 2.45) is 0 Å². The first kappa shape index (κ1) is 22.9. The van der Waals surface area contributed by atoms with Crippen molar-refractivity contribution in [3.63, 3.8) is 0 Å². The number of nitrogens with one attached hydrogen (secondary N) is 2. The van der Waals surface area contributed by atoms with E-state index in [1.807, 2.05) is 24.4 Å². The van der Waals surface area contributed by atoms with Crippen LogP contribution in [0, 0.1) is 6.92 Å². The van der Waals surface area contributed by atoms with E-state index < -0.39 is 10.0 Å². The number of rotatable bonds is 8. The molecule has 1 saturated heterocycles. The van der Waals surface area contributed by atoms with Gasteiger partial charge in [-0.2, -0.15) is 4.31 Å². The lowest BCUT2D eigenvalue weighted by Crippen LogP contribution is -2.40. The van der Waals surface area contributed by atoms with Gasteiger partial charge in [0.25, 0.3) is 0 Å². The number of aromatic amines is 1. The second kappa shape index (κ2) is 10.1. The second-order valence-corrected chi connectivity index (χ2v) is 11.1. The quantitative estimate of drug-likeness (QED) is 0.463. The van der Waals surface area contributed by atoms with Crippen molar-refractivity contribution in [3.8, 4) is 0 Å². The van der Waals surface area contributed by atoms with Crippen molar-refractivity contribution in [1.82, 2.24) is 19.5 Å². The summed E-state index contributed by atoms with van der Waals surface area (Å²) in [5.41, 5.74) is 1.25. The Morgan fingerprint density at radius 3 is 2.88 bits per heavy atom. The molecule has 12 heteroatoms. The highest BCUT2D eigenvalue weighted by Gasteiger charge is 2.27. The molecule has 9 nitrogen and oxygen atoms in total. The molecule has 3 heterocycles. The van der Waals surface area contributed by atoms with Crippen LogP contribution in [0.25, 0.3) is 0 Å². The van der Waals surface area contributed by atoms with E-state index in [0.717, 1.165) is 11.4 Å². The Balaban J connectivity index is 1.37. The Labute approximate surface area is 194 Å². The van der Waals surface area contributed by atoms with E-state index in [2.05, 4.69) is 20.5 Å². The van der Waals surface area contributed by atoms with Crippen LogP contribution in [0.2, 0.25) is 0 Å². The summed E-state index contributed by atoms with van der Waals surface area (Å²) in [6.45, 7) is 3.21. The number of aromatic nitrogens is 3. The molecule has 0 atom stereocenters. The van der Waals surface area contributed by atoms with E-state index >= 15 is 0 Å². The summed E-state index contributed by atoms with van der Waals surface area (Å²) in [7, 11) is -3.64. The van der Waals surface area contributed by atoms with Gasteiger partial charge in [0.15, 0.2) is 0 Å². The molecule has 0 unspecified atom stereocenters. The van der Waals surface area contributed by atoms with Gasteiger partial charge < -0.3 is 10.1 Å². The van der Waals surface area contributed by atoms with E-state index in [4.69, 9.17) is 4.74 Å². The van der Waals surface area contributed by atoms with Crippen LogP contribution in [-0.4, -0.2) is 65.9 Å². The molecular weight excluding hydrogens is 470 g/mol. The topological polar surface area (TPSA) is 117 Å². The Bertz CT molecular complexity index is 1170. The molecule has 0 spiro atoms. The maximum absolute atomic E-state index is 12.9. The molecule has 0 saturated carbocycles. The van der Waals surface area contributed by atoms with Gasteiger partial charge in [0, 0.05) is 30.1 Å². The lowest BCUT2D eigenvalue weighted by Gasteiger charge is -2.26. The molecule has 0 aliphatic carbocycles. The molecule has 2 N–H and O–H groups in total. The van der Waals surface area contributed by atoms with Crippen LogP contribution >= 0.6 is 23.1 Å². The number of aryl methyl sites for hydroxylation is 1. The smallest absolute Gasteiger partial charge is 0.243 e. The van der Waals surface area contributed by atoms with Crippen LogP contribution in [0.1, 0.15) is 16.3 Å². The Morgan fingerprint density at radius 2 is 2.12 bits per heavy atom. The molecule has 1 aliphatic rings. The lowest BCUT2D eigenvalue weighted by molar-refractivity contribution is -0.113. The third-order valence-electron chi connectivity index (χ3n) is 4.86. The van der Waals surface area contributed by atoms with Gasteiger partial charge in [-0.15, -0.1) is 16.4 Å². The van der Waals surface area contributed by atoms with Crippen LogP contribution in [-0.2, 0) is 26.0 Å². The number of hydrogen-bond donors (Lipinski definition) is 2. The molecule has 4 rings (SSSR count). The third-order valence-corrected chi connectivity index (χ3v) is 8.47. The van der Waals surface area contributed by atoms with E-state index in [1.165, 1.54) is 27.0 Å². The highest BCUT2D eigenvalue weighted by molar-refractivity contribution is 7.99. The van der Waals surface area contributed by atoms with Gasteiger partial charge in [-0.25, -0.2) is 13.4 Å². The van der Waals surface area contributed by atoms with Crippen LogP contribution in [0.5, 0.6) is 0 Å². The molecule has 1 aliphatic heterocycles. The predicted molar refractivity (Wildman–Crippen MR) is 124 cm³/mol. The predicted octanol–water partition coefficient (Wildman–Crippen LogP) is 2.52. The third kappa shape index (κ3) is 5.56. The first-order chi connectivity index (χ1) is 15.4. The molecule has 2 aromatic heterocycles. The summed E-state index contributed by atoms with van der Waals surface area (Å²) in [5, 5.41) is 12.4. The highest BCUT2D eigenvalue weighted by Crippen LogP contribution is 2.24. The van der Waals surface area contributed by atoms with E-state index in [1.54, 1.807) is 23.5 Å². The molecule has 0 radical (unpaired) electrons. The zero-order valence-corrected chi connectivity index (χ0v) is 19.9. The number of anilines is 1. The van der Waals surface area contributed by atoms with Gasteiger partial charge in [-0.1, -0.05) is 23.9 Å². The van der Waals surface area contributed by atoms with Gasteiger partial charge >= 0.3 is 0 Å². The summed E-state index contributed by atoms with van der Waals surface area (Å²) in [6, 6.07) is 8.78. The van der Waals surface area contributed by atoms with Crippen molar-refractivity contribution in [3.05, 3.63) is 52.0 Å². The van der Waals surface area contributed by atoms with Crippen LogP contribution in [0.4, 0.5) is 5.69 Å². The fraction of sp³-hybridized carbons (Fsp3) is 0.350. The number of benzene rings is 1. The van der Waals surface area contributed by atoms with E-state index in [-0.39, 0.29) is 16.6 Å². The number of hydrogen-bond acceptors (Lipinski definition) is 8. The van der Waals surface area contributed by atoms with E-state index in [0.29, 0.717) is 43.6 Å². The van der Waals surface area contributed by atoms with Crippen molar-refractivity contribution >= 4 is 44.7 Å². The van der Waals surface area contributed by atoms with Gasteiger partial charge in [-0.05, 0) is 36.1 Å². The number of amides is 1. The highest BCUT2D eigenvalue weighted by atomic mass is 32.2. The summed E-state index contributed by atoms with van der Waals surface area (Å²) < 4.78 is 32.4. The summed E-state index contributed by atoms with van der Waals surface area (Å²) in [4.78, 5) is 18.2. The summed E-state index contributed by atoms with van der Waals surface area (Å²) in [6.07, 6.45) is 0.668.